The fraction of sp³-hybridized carbons (Fsp3) is 0.583. The molecule has 7 nitrogen and oxygen atoms in total. The number of nitrogens with zero attached hydrogens (tertiary/aromatic N) is 4. The minimum atomic E-state index is 0.166. The predicted octanol–water partition coefficient (Wildman–Crippen LogP) is 2.61. The molecular formula is C24H36N6O. The smallest absolute Gasteiger partial charge is 0.191 e. The molecule has 3 heterocycles. The zero-order valence-electron chi connectivity index (χ0n) is 18.7. The van der Waals surface area contributed by atoms with Gasteiger partial charge in [0.1, 0.15) is 0 Å². The van der Waals surface area contributed by atoms with Crippen LogP contribution in [0.2, 0.25) is 0 Å². The second kappa shape index (κ2) is 10.8. The molecule has 0 unspecified atom stereocenters. The first-order chi connectivity index (χ1) is 15.3. The van der Waals surface area contributed by atoms with Gasteiger partial charge >= 0.3 is 0 Å². The molecule has 0 atom stereocenters. The Hall–Kier alpha value is -2.38. The van der Waals surface area contributed by atoms with Crippen molar-refractivity contribution in [2.45, 2.75) is 44.6 Å². The van der Waals surface area contributed by atoms with Gasteiger partial charge in [0.15, 0.2) is 5.96 Å². The number of ether oxygens (including phenoxy) is 1. The van der Waals surface area contributed by atoms with Crippen LogP contribution in [-0.2, 0) is 11.2 Å². The number of aromatic nitrogens is 2. The van der Waals surface area contributed by atoms with Crippen molar-refractivity contribution < 1.29 is 4.74 Å². The summed E-state index contributed by atoms with van der Waals surface area (Å²) < 4.78 is 7.55. The summed E-state index contributed by atoms with van der Waals surface area (Å²) in [5.74, 6) is 0.917. The fourth-order valence-corrected chi connectivity index (χ4v) is 4.65. The topological polar surface area (TPSA) is 66.7 Å². The summed E-state index contributed by atoms with van der Waals surface area (Å²) in [6.45, 7) is 8.79. The summed E-state index contributed by atoms with van der Waals surface area (Å²) >= 11 is 0. The van der Waals surface area contributed by atoms with E-state index in [2.05, 4.69) is 51.8 Å². The van der Waals surface area contributed by atoms with Crippen molar-refractivity contribution in [3.63, 3.8) is 0 Å². The van der Waals surface area contributed by atoms with Crippen molar-refractivity contribution in [3.8, 4) is 5.69 Å². The minimum absolute atomic E-state index is 0.166. The van der Waals surface area contributed by atoms with Gasteiger partial charge in [-0.1, -0.05) is 12.1 Å². The monoisotopic (exact) mass is 424 g/mol. The molecule has 168 valence electrons. The van der Waals surface area contributed by atoms with E-state index in [0.29, 0.717) is 0 Å². The molecule has 4 rings (SSSR count). The van der Waals surface area contributed by atoms with Crippen LogP contribution in [0.4, 0.5) is 0 Å². The lowest BCUT2D eigenvalue weighted by Crippen LogP contribution is -2.54. The molecule has 0 bridgehead atoms. The first kappa shape index (κ1) is 21.8. The average Bonchev–Trinajstić information content (AvgIpc) is 3.53. The SMILES string of the molecule is CCNC(=NCC1(N2CCCC2)CCOCC1)NCCc1ccc(-n2cccn2)cc1. The fourth-order valence-electron chi connectivity index (χ4n) is 4.65. The number of aliphatic imine (C=N–C) groups is 1. The molecule has 0 saturated carbocycles. The molecule has 1 aromatic carbocycles. The molecule has 2 aliphatic heterocycles. The van der Waals surface area contributed by atoms with Gasteiger partial charge in [-0.15, -0.1) is 0 Å². The number of nitrogens with one attached hydrogen (secondary N) is 2. The van der Waals surface area contributed by atoms with Crippen LogP contribution in [0.15, 0.2) is 47.7 Å². The molecule has 2 saturated heterocycles. The van der Waals surface area contributed by atoms with E-state index in [1.54, 1.807) is 6.20 Å². The van der Waals surface area contributed by atoms with Crippen LogP contribution in [0, 0.1) is 0 Å². The van der Waals surface area contributed by atoms with Gasteiger partial charge in [0, 0.05) is 44.2 Å². The third kappa shape index (κ3) is 5.66. The molecule has 31 heavy (non-hydrogen) atoms. The molecule has 2 fully saturated rings. The number of hydrogen-bond donors (Lipinski definition) is 2. The molecule has 0 aliphatic carbocycles. The van der Waals surface area contributed by atoms with E-state index in [4.69, 9.17) is 9.73 Å². The normalized spacial score (nSPS) is 19.5. The highest BCUT2D eigenvalue weighted by molar-refractivity contribution is 5.79. The lowest BCUT2D eigenvalue weighted by Gasteiger charge is -2.43. The molecule has 0 radical (unpaired) electrons. The van der Waals surface area contributed by atoms with Crippen molar-refractivity contribution in [1.82, 2.24) is 25.3 Å². The number of guanidine groups is 1. The highest BCUT2D eigenvalue weighted by Crippen LogP contribution is 2.31. The number of hydrogen-bond acceptors (Lipinski definition) is 4. The van der Waals surface area contributed by atoms with E-state index in [-0.39, 0.29) is 5.54 Å². The molecule has 1 aromatic heterocycles. The van der Waals surface area contributed by atoms with Gasteiger partial charge in [-0.05, 0) is 75.9 Å². The lowest BCUT2D eigenvalue weighted by atomic mass is 9.88. The highest BCUT2D eigenvalue weighted by atomic mass is 16.5. The molecule has 2 aromatic rings. The minimum Gasteiger partial charge on any atom is -0.381 e. The van der Waals surface area contributed by atoms with Gasteiger partial charge in [0.2, 0.25) is 0 Å². The Bertz CT molecular complexity index is 805. The van der Waals surface area contributed by atoms with Gasteiger partial charge in [0.25, 0.3) is 0 Å². The quantitative estimate of drug-likeness (QED) is 0.504. The maximum absolute atomic E-state index is 5.67. The number of rotatable bonds is 8. The van der Waals surface area contributed by atoms with E-state index < -0.39 is 0 Å². The van der Waals surface area contributed by atoms with Gasteiger partial charge in [-0.25, -0.2) is 4.68 Å². The average molecular weight is 425 g/mol. The van der Waals surface area contributed by atoms with E-state index >= 15 is 0 Å². The van der Waals surface area contributed by atoms with Gasteiger partial charge in [-0.3, -0.25) is 9.89 Å². The van der Waals surface area contributed by atoms with E-state index in [0.717, 1.165) is 63.8 Å². The Labute approximate surface area is 185 Å². The summed E-state index contributed by atoms with van der Waals surface area (Å²) in [6.07, 6.45) is 9.50. The Morgan fingerprint density at radius 2 is 1.90 bits per heavy atom. The van der Waals surface area contributed by atoms with Crippen LogP contribution in [0.1, 0.15) is 38.2 Å². The van der Waals surface area contributed by atoms with Gasteiger partial charge in [-0.2, -0.15) is 5.10 Å². The van der Waals surface area contributed by atoms with Crippen LogP contribution in [0.25, 0.3) is 5.69 Å². The summed E-state index contributed by atoms with van der Waals surface area (Å²) in [7, 11) is 0. The first-order valence-corrected chi connectivity index (χ1v) is 11.7. The summed E-state index contributed by atoms with van der Waals surface area (Å²) in [6, 6.07) is 10.5. The molecule has 7 heteroatoms. The summed E-state index contributed by atoms with van der Waals surface area (Å²) in [5, 5.41) is 11.2. The molecular weight excluding hydrogens is 388 g/mol. The van der Waals surface area contributed by atoms with Crippen LogP contribution >= 0.6 is 0 Å². The Morgan fingerprint density at radius 3 is 2.58 bits per heavy atom. The number of benzene rings is 1. The second-order valence-electron chi connectivity index (χ2n) is 8.52. The Balaban J connectivity index is 1.33. The van der Waals surface area contributed by atoms with E-state index in [1.165, 1.54) is 31.5 Å². The van der Waals surface area contributed by atoms with Gasteiger partial charge < -0.3 is 15.4 Å². The van der Waals surface area contributed by atoms with Crippen molar-refractivity contribution in [1.29, 1.82) is 0 Å². The van der Waals surface area contributed by atoms with E-state index in [9.17, 15) is 0 Å². The van der Waals surface area contributed by atoms with Gasteiger partial charge in [0.05, 0.1) is 12.2 Å². The van der Waals surface area contributed by atoms with Crippen molar-refractivity contribution in [2.24, 2.45) is 4.99 Å². The zero-order valence-corrected chi connectivity index (χ0v) is 18.7. The van der Waals surface area contributed by atoms with Crippen LogP contribution in [0.3, 0.4) is 0 Å². The molecule has 2 aliphatic rings. The van der Waals surface area contributed by atoms with Crippen LogP contribution in [0.5, 0.6) is 0 Å². The summed E-state index contributed by atoms with van der Waals surface area (Å²) in [5.41, 5.74) is 2.55. The standard InChI is InChI=1S/C24H36N6O/c1-2-25-23(27-20-24(11-18-31-19-12-24)29-15-3-4-16-29)26-14-10-21-6-8-22(9-7-21)30-17-5-13-28-30/h5-9,13,17H,2-4,10-12,14-16,18-20H2,1H3,(H2,25,26,27). The van der Waals surface area contributed by atoms with Crippen LogP contribution < -0.4 is 10.6 Å². The highest BCUT2D eigenvalue weighted by Gasteiger charge is 2.39. The molecule has 2 N–H and O–H groups in total. The van der Waals surface area contributed by atoms with E-state index in [1.807, 2.05) is 16.9 Å². The van der Waals surface area contributed by atoms with Crippen molar-refractivity contribution in [3.05, 3.63) is 48.3 Å². The maximum atomic E-state index is 5.67. The number of likely N-dealkylation sites (tertiary alicyclic amines) is 1. The van der Waals surface area contributed by atoms with Crippen molar-refractivity contribution in [2.75, 3.05) is 45.9 Å². The Morgan fingerprint density at radius 1 is 1.13 bits per heavy atom. The molecule has 0 spiro atoms. The summed E-state index contributed by atoms with van der Waals surface area (Å²) in [4.78, 5) is 7.69. The third-order valence-corrected chi connectivity index (χ3v) is 6.49. The maximum Gasteiger partial charge on any atom is 0.191 e. The second-order valence-corrected chi connectivity index (χ2v) is 8.52. The predicted molar refractivity (Wildman–Crippen MR) is 125 cm³/mol. The third-order valence-electron chi connectivity index (χ3n) is 6.49. The zero-order chi connectivity index (χ0) is 21.4. The first-order valence-electron chi connectivity index (χ1n) is 11.7. The van der Waals surface area contributed by atoms with Crippen LogP contribution in [-0.4, -0.2) is 72.1 Å². The Kier molecular flexibility index (Phi) is 7.59. The lowest BCUT2D eigenvalue weighted by molar-refractivity contribution is -0.0139. The largest absolute Gasteiger partial charge is 0.381 e. The molecule has 0 amide bonds. The van der Waals surface area contributed by atoms with Crippen molar-refractivity contribution >= 4 is 5.96 Å².